The Balaban J connectivity index is 1.68. The fourth-order valence-corrected chi connectivity index (χ4v) is 6.18. The number of hydrogen-bond donors (Lipinski definition) is 0. The molecule has 0 amide bonds. The minimum absolute atomic E-state index is 0.171. The molecule has 0 saturated heterocycles. The summed E-state index contributed by atoms with van der Waals surface area (Å²) in [6, 6.07) is 12.4. The highest BCUT2D eigenvalue weighted by Gasteiger charge is 2.33. The van der Waals surface area contributed by atoms with Gasteiger partial charge in [0.2, 0.25) is 0 Å². The predicted octanol–water partition coefficient (Wildman–Crippen LogP) is 5.65. The number of ether oxygens (including phenoxy) is 1. The van der Waals surface area contributed by atoms with Crippen LogP contribution in [-0.2, 0) is 9.53 Å². The number of halogens is 3. The number of fused-ring (bicyclic) bond motifs is 1. The molecule has 0 unspecified atom stereocenters. The summed E-state index contributed by atoms with van der Waals surface area (Å²) in [5.74, 6) is -0.977. The minimum Gasteiger partial charge on any atom is -0.463 e. The highest BCUT2D eigenvalue weighted by atomic mass is 35.5. The van der Waals surface area contributed by atoms with E-state index in [0.29, 0.717) is 30.6 Å². The molecule has 4 aromatic rings. The van der Waals surface area contributed by atoms with Gasteiger partial charge in [-0.25, -0.2) is 14.2 Å². The zero-order chi connectivity index (χ0) is 28.0. The van der Waals surface area contributed by atoms with Gasteiger partial charge in [0, 0.05) is 17.1 Å². The Morgan fingerprint density at radius 1 is 1.10 bits per heavy atom. The molecule has 0 N–H and O–H groups in total. The molecule has 0 aliphatic carbocycles. The number of hydrogen-bond acceptors (Lipinski definition) is 5. The lowest BCUT2D eigenvalue weighted by Gasteiger charge is -2.24. The van der Waals surface area contributed by atoms with Crippen LogP contribution in [0.25, 0.3) is 11.8 Å². The van der Waals surface area contributed by atoms with E-state index in [1.165, 1.54) is 28.0 Å². The number of carbonyl (C=O) groups excluding carboxylic acids is 1. The number of aromatic nitrogens is 2. The number of rotatable bonds is 5. The van der Waals surface area contributed by atoms with Crippen LogP contribution >= 0.6 is 34.5 Å². The first-order valence-electron chi connectivity index (χ1n) is 12.2. The molecule has 1 aliphatic rings. The third kappa shape index (κ3) is 4.88. The van der Waals surface area contributed by atoms with Crippen molar-refractivity contribution in [1.29, 1.82) is 0 Å². The maximum atomic E-state index is 13.9. The van der Waals surface area contributed by atoms with Crippen molar-refractivity contribution >= 4 is 46.6 Å². The average Bonchev–Trinajstić information content (AvgIpc) is 3.35. The number of aryl methyl sites for hydroxylation is 1. The van der Waals surface area contributed by atoms with Crippen molar-refractivity contribution < 1.29 is 13.9 Å². The molecule has 5 rings (SSSR count). The van der Waals surface area contributed by atoms with E-state index in [1.807, 2.05) is 36.6 Å². The summed E-state index contributed by atoms with van der Waals surface area (Å²) < 4.78 is 23.0. The molecule has 0 radical (unpaired) electrons. The first kappa shape index (κ1) is 27.1. The Hall–Kier alpha value is -3.46. The summed E-state index contributed by atoms with van der Waals surface area (Å²) in [5.41, 5.74) is 4.55. The van der Waals surface area contributed by atoms with Gasteiger partial charge in [0.25, 0.3) is 5.56 Å². The molecule has 1 aliphatic heterocycles. The Kier molecular flexibility index (Phi) is 7.37. The molecule has 3 heterocycles. The van der Waals surface area contributed by atoms with E-state index in [1.54, 1.807) is 38.1 Å². The smallest absolute Gasteiger partial charge is 0.338 e. The van der Waals surface area contributed by atoms with Crippen molar-refractivity contribution in [3.8, 4) is 5.69 Å². The zero-order valence-corrected chi connectivity index (χ0v) is 23.9. The highest BCUT2D eigenvalue weighted by Crippen LogP contribution is 2.31. The third-order valence-electron chi connectivity index (χ3n) is 6.62. The maximum absolute atomic E-state index is 13.9. The summed E-state index contributed by atoms with van der Waals surface area (Å²) in [4.78, 5) is 31.9. The van der Waals surface area contributed by atoms with Crippen molar-refractivity contribution in [3.05, 3.63) is 118 Å². The van der Waals surface area contributed by atoms with E-state index in [-0.39, 0.29) is 17.7 Å². The Morgan fingerprint density at radius 2 is 1.82 bits per heavy atom. The number of allylic oxidation sites excluding steroid dienone is 1. The quantitative estimate of drug-likeness (QED) is 0.285. The van der Waals surface area contributed by atoms with Gasteiger partial charge >= 0.3 is 5.97 Å². The van der Waals surface area contributed by atoms with Gasteiger partial charge < -0.3 is 9.30 Å². The molecule has 6 nitrogen and oxygen atoms in total. The maximum Gasteiger partial charge on any atom is 0.338 e. The fraction of sp³-hybridized carbons (Fsp3) is 0.207. The molecule has 10 heteroatoms. The topological polar surface area (TPSA) is 65.6 Å². The van der Waals surface area contributed by atoms with Gasteiger partial charge in [-0.15, -0.1) is 0 Å². The van der Waals surface area contributed by atoms with Crippen LogP contribution in [0.4, 0.5) is 4.39 Å². The summed E-state index contributed by atoms with van der Waals surface area (Å²) in [6.07, 6.45) is 1.82. The van der Waals surface area contributed by atoms with Crippen LogP contribution in [0.2, 0.25) is 10.0 Å². The fourth-order valence-electron chi connectivity index (χ4n) is 4.85. The number of benzene rings is 2. The normalized spacial score (nSPS) is 15.4. The Labute approximate surface area is 237 Å². The van der Waals surface area contributed by atoms with Gasteiger partial charge in [-0.05, 0) is 81.3 Å². The molecule has 0 spiro atoms. The summed E-state index contributed by atoms with van der Waals surface area (Å²) in [6.45, 7) is 7.53. The first-order chi connectivity index (χ1) is 18.6. The van der Waals surface area contributed by atoms with E-state index in [4.69, 9.17) is 27.9 Å². The Bertz CT molecular complexity index is 1830. The highest BCUT2D eigenvalue weighted by molar-refractivity contribution is 7.07. The van der Waals surface area contributed by atoms with Crippen LogP contribution in [0.5, 0.6) is 0 Å². The number of nitrogens with zero attached hydrogens (tertiary/aromatic N) is 3. The van der Waals surface area contributed by atoms with Crippen molar-refractivity contribution in [3.63, 3.8) is 0 Å². The van der Waals surface area contributed by atoms with E-state index >= 15 is 0 Å². The molecule has 1 atom stereocenters. The van der Waals surface area contributed by atoms with E-state index in [2.05, 4.69) is 4.99 Å². The molecule has 2 aromatic carbocycles. The lowest BCUT2D eigenvalue weighted by atomic mass is 9.96. The van der Waals surface area contributed by atoms with E-state index in [0.717, 1.165) is 22.6 Å². The number of thiazole rings is 1. The Morgan fingerprint density at radius 3 is 2.49 bits per heavy atom. The molecular weight excluding hydrogens is 560 g/mol. The molecule has 39 heavy (non-hydrogen) atoms. The van der Waals surface area contributed by atoms with Crippen molar-refractivity contribution in [1.82, 2.24) is 9.13 Å². The lowest BCUT2D eigenvalue weighted by Crippen LogP contribution is -2.39. The third-order valence-corrected chi connectivity index (χ3v) is 8.34. The molecule has 2 aromatic heterocycles. The molecule has 0 fully saturated rings. The zero-order valence-electron chi connectivity index (χ0n) is 21.6. The van der Waals surface area contributed by atoms with Gasteiger partial charge in [-0.2, -0.15) is 0 Å². The van der Waals surface area contributed by atoms with Crippen molar-refractivity contribution in [2.24, 2.45) is 4.99 Å². The largest absolute Gasteiger partial charge is 0.463 e. The molecule has 200 valence electrons. The van der Waals surface area contributed by atoms with Crippen LogP contribution in [0, 0.1) is 19.7 Å². The summed E-state index contributed by atoms with van der Waals surface area (Å²) in [5, 5.41) is 0.919. The second-order valence-electron chi connectivity index (χ2n) is 9.11. The molecule has 0 saturated carbocycles. The van der Waals surface area contributed by atoms with Crippen molar-refractivity contribution in [2.75, 3.05) is 6.61 Å². The van der Waals surface area contributed by atoms with Crippen LogP contribution in [0.3, 0.4) is 0 Å². The molecular formula is C29H24Cl2FN3O3S. The van der Waals surface area contributed by atoms with Gasteiger partial charge in [0.15, 0.2) is 4.80 Å². The van der Waals surface area contributed by atoms with Crippen molar-refractivity contribution in [2.45, 2.75) is 33.7 Å². The summed E-state index contributed by atoms with van der Waals surface area (Å²) in [7, 11) is 0. The van der Waals surface area contributed by atoms with Crippen LogP contribution < -0.4 is 14.9 Å². The average molecular weight is 585 g/mol. The number of esters is 1. The molecule has 0 bridgehead atoms. The minimum atomic E-state index is -0.799. The SMILES string of the molecule is CCOC(=O)C1=C(C)N=c2s/c(=C\c3cc(C)n(-c4ccc(Cl)c(Cl)c4)c3C)c(=O)n2[C@H]1c1ccc(F)cc1. The predicted molar refractivity (Wildman–Crippen MR) is 152 cm³/mol. The van der Waals surface area contributed by atoms with E-state index < -0.39 is 17.8 Å². The number of carbonyl (C=O) groups is 1. The second kappa shape index (κ2) is 10.6. The second-order valence-corrected chi connectivity index (χ2v) is 10.9. The monoisotopic (exact) mass is 583 g/mol. The van der Waals surface area contributed by atoms with Gasteiger partial charge in [-0.3, -0.25) is 9.36 Å². The van der Waals surface area contributed by atoms with Crippen LogP contribution in [-0.4, -0.2) is 21.7 Å². The van der Waals surface area contributed by atoms with Crippen LogP contribution in [0.15, 0.2) is 69.6 Å². The lowest BCUT2D eigenvalue weighted by molar-refractivity contribution is -0.139. The van der Waals surface area contributed by atoms with Gasteiger partial charge in [0.05, 0.1) is 38.5 Å². The standard InChI is InChI=1S/C29H24Cl2FN3O3S/c1-5-38-28(37)25-16(3)33-29-35(26(25)18-6-8-20(32)9-7-18)27(36)24(39-29)13-19-12-15(2)34(17(19)4)21-10-11-22(30)23(31)14-21/h6-14,26H,5H2,1-4H3/b24-13-/t26-/m0/s1. The van der Waals surface area contributed by atoms with E-state index in [9.17, 15) is 14.0 Å². The van der Waals surface area contributed by atoms with Gasteiger partial charge in [0.1, 0.15) is 5.82 Å². The van der Waals surface area contributed by atoms with Crippen LogP contribution in [0.1, 0.15) is 42.4 Å². The first-order valence-corrected chi connectivity index (χ1v) is 13.8. The van der Waals surface area contributed by atoms with Gasteiger partial charge in [-0.1, -0.05) is 46.7 Å². The summed E-state index contributed by atoms with van der Waals surface area (Å²) >= 11 is 13.6.